The zero-order valence-electron chi connectivity index (χ0n) is 19.1. The standard InChI is InChI=1S/C23H37ClN4O2/c1-16-14-21(22(30-5)15-20(16)24)25-23(29)19(4)27-11-8-26(9-12-27)10-13-28-17(2)6-7-18(28)3/h14-15,17-19H,6-13H2,1-5H3,(H,25,29). The van der Waals surface area contributed by atoms with Crippen molar-refractivity contribution < 1.29 is 9.53 Å². The quantitative estimate of drug-likeness (QED) is 0.709. The molecule has 7 heteroatoms. The molecule has 30 heavy (non-hydrogen) atoms. The van der Waals surface area contributed by atoms with Gasteiger partial charge in [-0.25, -0.2) is 0 Å². The lowest BCUT2D eigenvalue weighted by Crippen LogP contribution is -2.54. The number of nitrogens with one attached hydrogen (secondary N) is 1. The molecule has 2 fully saturated rings. The Labute approximate surface area is 186 Å². The van der Waals surface area contributed by atoms with Gasteiger partial charge in [-0.15, -0.1) is 0 Å². The molecule has 0 bridgehead atoms. The number of methoxy groups -OCH3 is 1. The van der Waals surface area contributed by atoms with Gasteiger partial charge in [-0.05, 0) is 52.2 Å². The Bertz CT molecular complexity index is 726. The van der Waals surface area contributed by atoms with E-state index in [4.69, 9.17) is 16.3 Å². The molecule has 6 nitrogen and oxygen atoms in total. The van der Waals surface area contributed by atoms with Crippen molar-refractivity contribution in [1.82, 2.24) is 14.7 Å². The number of benzene rings is 1. The monoisotopic (exact) mass is 436 g/mol. The first-order valence-corrected chi connectivity index (χ1v) is 11.5. The van der Waals surface area contributed by atoms with E-state index in [0.717, 1.165) is 44.8 Å². The normalized spacial score (nSPS) is 24.7. The van der Waals surface area contributed by atoms with Crippen LogP contribution in [0.2, 0.25) is 5.02 Å². The third kappa shape index (κ3) is 5.47. The van der Waals surface area contributed by atoms with E-state index in [1.54, 1.807) is 13.2 Å². The van der Waals surface area contributed by atoms with Gasteiger partial charge in [-0.2, -0.15) is 0 Å². The fraction of sp³-hybridized carbons (Fsp3) is 0.696. The molecule has 1 aromatic carbocycles. The molecule has 2 saturated heterocycles. The smallest absolute Gasteiger partial charge is 0.241 e. The van der Waals surface area contributed by atoms with Gasteiger partial charge in [0.2, 0.25) is 5.91 Å². The first-order chi connectivity index (χ1) is 14.3. The van der Waals surface area contributed by atoms with Crippen molar-refractivity contribution in [2.75, 3.05) is 51.7 Å². The van der Waals surface area contributed by atoms with E-state index < -0.39 is 0 Å². The number of hydrogen-bond donors (Lipinski definition) is 1. The highest BCUT2D eigenvalue weighted by molar-refractivity contribution is 6.31. The predicted molar refractivity (Wildman–Crippen MR) is 124 cm³/mol. The lowest BCUT2D eigenvalue weighted by molar-refractivity contribution is -0.121. The molecule has 0 aliphatic carbocycles. The van der Waals surface area contributed by atoms with Gasteiger partial charge in [0, 0.05) is 62.4 Å². The molecule has 3 atom stereocenters. The number of anilines is 1. The Morgan fingerprint density at radius 2 is 1.80 bits per heavy atom. The Kier molecular flexibility index (Phi) is 8.02. The Morgan fingerprint density at radius 3 is 2.40 bits per heavy atom. The summed E-state index contributed by atoms with van der Waals surface area (Å²) in [4.78, 5) is 20.3. The first-order valence-electron chi connectivity index (χ1n) is 11.2. The molecule has 0 radical (unpaired) electrons. The van der Waals surface area contributed by atoms with E-state index >= 15 is 0 Å². The van der Waals surface area contributed by atoms with Crippen LogP contribution in [0.15, 0.2) is 12.1 Å². The second kappa shape index (κ2) is 10.3. The minimum Gasteiger partial charge on any atom is -0.495 e. The van der Waals surface area contributed by atoms with Crippen LogP contribution in [0.3, 0.4) is 0 Å². The molecule has 168 valence electrons. The zero-order valence-corrected chi connectivity index (χ0v) is 19.8. The van der Waals surface area contributed by atoms with E-state index in [9.17, 15) is 4.79 Å². The van der Waals surface area contributed by atoms with Crippen LogP contribution in [-0.2, 0) is 4.79 Å². The largest absolute Gasteiger partial charge is 0.495 e. The van der Waals surface area contributed by atoms with E-state index in [0.29, 0.717) is 28.5 Å². The second-order valence-corrected chi connectivity index (χ2v) is 9.26. The maximum absolute atomic E-state index is 12.9. The van der Waals surface area contributed by atoms with Gasteiger partial charge in [0.25, 0.3) is 0 Å². The van der Waals surface area contributed by atoms with Crippen LogP contribution in [0.1, 0.15) is 39.2 Å². The summed E-state index contributed by atoms with van der Waals surface area (Å²) in [5, 5.41) is 3.66. The van der Waals surface area contributed by atoms with Crippen molar-refractivity contribution >= 4 is 23.2 Å². The third-order valence-corrected chi connectivity index (χ3v) is 7.29. The summed E-state index contributed by atoms with van der Waals surface area (Å²) in [6, 6.07) is 4.84. The number of aryl methyl sites for hydroxylation is 1. The molecule has 2 heterocycles. The van der Waals surface area contributed by atoms with Crippen molar-refractivity contribution in [3.05, 3.63) is 22.7 Å². The number of hydrogen-bond acceptors (Lipinski definition) is 5. The molecule has 0 spiro atoms. The maximum atomic E-state index is 12.9. The van der Waals surface area contributed by atoms with Crippen LogP contribution >= 0.6 is 11.6 Å². The van der Waals surface area contributed by atoms with Crippen molar-refractivity contribution in [3.63, 3.8) is 0 Å². The third-order valence-electron chi connectivity index (χ3n) is 6.88. The number of amides is 1. The van der Waals surface area contributed by atoms with Gasteiger partial charge < -0.3 is 10.1 Å². The van der Waals surface area contributed by atoms with Crippen molar-refractivity contribution in [2.24, 2.45) is 0 Å². The fourth-order valence-corrected chi connectivity index (χ4v) is 4.81. The summed E-state index contributed by atoms with van der Waals surface area (Å²) in [5.74, 6) is 0.574. The summed E-state index contributed by atoms with van der Waals surface area (Å²) >= 11 is 6.17. The fourth-order valence-electron chi connectivity index (χ4n) is 4.65. The van der Waals surface area contributed by atoms with Gasteiger partial charge in [0.15, 0.2) is 0 Å². The summed E-state index contributed by atoms with van der Waals surface area (Å²) in [6.45, 7) is 14.7. The van der Waals surface area contributed by atoms with Gasteiger partial charge in [-0.3, -0.25) is 19.5 Å². The van der Waals surface area contributed by atoms with Crippen LogP contribution in [0.4, 0.5) is 5.69 Å². The van der Waals surface area contributed by atoms with Crippen molar-refractivity contribution in [2.45, 2.75) is 58.7 Å². The molecule has 3 unspecified atom stereocenters. The summed E-state index contributed by atoms with van der Waals surface area (Å²) < 4.78 is 5.38. The average molecular weight is 437 g/mol. The number of piperazine rings is 1. The number of ether oxygens (including phenoxy) is 1. The molecule has 1 N–H and O–H groups in total. The van der Waals surface area contributed by atoms with E-state index in [-0.39, 0.29) is 11.9 Å². The van der Waals surface area contributed by atoms with Crippen LogP contribution in [0, 0.1) is 6.92 Å². The van der Waals surface area contributed by atoms with Crippen LogP contribution < -0.4 is 10.1 Å². The Hall–Kier alpha value is -1.34. The van der Waals surface area contributed by atoms with Crippen LogP contribution in [0.5, 0.6) is 5.75 Å². The highest BCUT2D eigenvalue weighted by Crippen LogP contribution is 2.31. The topological polar surface area (TPSA) is 48.1 Å². The maximum Gasteiger partial charge on any atom is 0.241 e. The molecule has 1 amide bonds. The van der Waals surface area contributed by atoms with Crippen molar-refractivity contribution in [1.29, 1.82) is 0 Å². The molecular weight excluding hydrogens is 400 g/mol. The highest BCUT2D eigenvalue weighted by Gasteiger charge is 2.29. The number of carbonyl (C=O) groups is 1. The second-order valence-electron chi connectivity index (χ2n) is 8.86. The summed E-state index contributed by atoms with van der Waals surface area (Å²) in [6.07, 6.45) is 2.64. The van der Waals surface area contributed by atoms with Gasteiger partial charge >= 0.3 is 0 Å². The Balaban J connectivity index is 1.48. The van der Waals surface area contributed by atoms with E-state index in [1.165, 1.54) is 12.8 Å². The molecule has 0 aromatic heterocycles. The molecule has 3 rings (SSSR count). The Morgan fingerprint density at radius 1 is 1.17 bits per heavy atom. The SMILES string of the molecule is COc1cc(Cl)c(C)cc1NC(=O)C(C)N1CCN(CCN2C(C)CCC2C)CC1. The number of halogens is 1. The number of likely N-dealkylation sites (tertiary alicyclic amines) is 1. The molecule has 1 aromatic rings. The minimum absolute atomic E-state index is 0.0109. The molecular formula is C23H37ClN4O2. The first kappa shape index (κ1) is 23.3. The predicted octanol–water partition coefficient (Wildman–Crippen LogP) is 3.47. The van der Waals surface area contributed by atoms with Crippen LogP contribution in [0.25, 0.3) is 0 Å². The lowest BCUT2D eigenvalue weighted by Gasteiger charge is -2.38. The number of nitrogens with zero attached hydrogens (tertiary/aromatic N) is 3. The molecule has 2 aliphatic heterocycles. The van der Waals surface area contributed by atoms with E-state index in [2.05, 4.69) is 33.9 Å². The van der Waals surface area contributed by atoms with Gasteiger partial charge in [0.1, 0.15) is 5.75 Å². The summed E-state index contributed by atoms with van der Waals surface area (Å²) in [7, 11) is 1.59. The molecule has 2 aliphatic rings. The summed E-state index contributed by atoms with van der Waals surface area (Å²) in [5.41, 5.74) is 1.58. The number of carbonyl (C=O) groups excluding carboxylic acids is 1. The highest BCUT2D eigenvalue weighted by atomic mass is 35.5. The average Bonchev–Trinajstić information content (AvgIpc) is 3.06. The molecule has 0 saturated carbocycles. The zero-order chi connectivity index (χ0) is 21.8. The minimum atomic E-state index is -0.188. The van der Waals surface area contributed by atoms with Gasteiger partial charge in [0.05, 0.1) is 18.8 Å². The van der Waals surface area contributed by atoms with Crippen LogP contribution in [-0.4, -0.2) is 85.1 Å². The van der Waals surface area contributed by atoms with Gasteiger partial charge in [-0.1, -0.05) is 11.6 Å². The number of rotatable bonds is 7. The van der Waals surface area contributed by atoms with Crippen molar-refractivity contribution in [3.8, 4) is 5.75 Å². The lowest BCUT2D eigenvalue weighted by atomic mass is 10.1. The van der Waals surface area contributed by atoms with E-state index in [1.807, 2.05) is 19.9 Å².